The zero-order valence-corrected chi connectivity index (χ0v) is 17.8. The molecule has 0 aliphatic rings. The summed E-state index contributed by atoms with van der Waals surface area (Å²) < 4.78 is 5.14. The third kappa shape index (κ3) is 7.80. The second kappa shape index (κ2) is 11.6. The van der Waals surface area contributed by atoms with E-state index < -0.39 is 23.1 Å². The Morgan fingerprint density at radius 2 is 1.75 bits per heavy atom. The molecular weight excluding hydrogens is 378 g/mol. The molecule has 3 atom stereocenters. The second-order valence-corrected chi connectivity index (χ2v) is 7.86. The highest BCUT2D eigenvalue weighted by Gasteiger charge is 2.31. The molecule has 0 aliphatic heterocycles. The van der Waals surface area contributed by atoms with Crippen LogP contribution in [0.25, 0.3) is 0 Å². The molecule has 0 bridgehead atoms. The molecule has 3 amide bonds. The molecule has 0 saturated heterocycles. The number of ether oxygens (including phenoxy) is 1. The van der Waals surface area contributed by atoms with Crippen LogP contribution in [0, 0.1) is 11.8 Å². The van der Waals surface area contributed by atoms with E-state index in [9.17, 15) is 14.4 Å². The minimum absolute atomic E-state index is 0.00294. The molecule has 7 nitrogen and oxygen atoms in total. The van der Waals surface area contributed by atoms with E-state index >= 15 is 0 Å². The van der Waals surface area contributed by atoms with Crippen LogP contribution in [0.15, 0.2) is 24.3 Å². The Morgan fingerprint density at radius 3 is 2.21 bits per heavy atom. The van der Waals surface area contributed by atoms with Gasteiger partial charge in [-0.2, -0.15) is 12.6 Å². The number of carbonyl (C=O) groups is 3. The zero-order chi connectivity index (χ0) is 21.3. The minimum atomic E-state index is -0.741. The Hall–Kier alpha value is -2.22. The number of nitrogens with one attached hydrogen (secondary N) is 2. The lowest BCUT2D eigenvalue weighted by molar-refractivity contribution is -0.131. The average Bonchev–Trinajstić information content (AvgIpc) is 2.64. The molecule has 28 heavy (non-hydrogen) atoms. The van der Waals surface area contributed by atoms with Gasteiger partial charge in [-0.25, -0.2) is 0 Å². The monoisotopic (exact) mass is 409 g/mol. The fourth-order valence-electron chi connectivity index (χ4n) is 2.95. The van der Waals surface area contributed by atoms with Crippen LogP contribution in [0.5, 0.6) is 5.75 Å². The van der Waals surface area contributed by atoms with Crippen LogP contribution in [0.4, 0.5) is 0 Å². The number of rotatable bonds is 11. The summed E-state index contributed by atoms with van der Waals surface area (Å²) >= 11 is 4.42. The van der Waals surface area contributed by atoms with Crippen molar-refractivity contribution in [3.8, 4) is 5.75 Å². The predicted molar refractivity (Wildman–Crippen MR) is 112 cm³/mol. The van der Waals surface area contributed by atoms with Crippen molar-refractivity contribution < 1.29 is 19.1 Å². The first-order valence-corrected chi connectivity index (χ1v) is 9.80. The predicted octanol–water partition coefficient (Wildman–Crippen LogP) is 1.30. The Kier molecular flexibility index (Phi) is 9.85. The van der Waals surface area contributed by atoms with E-state index in [0.29, 0.717) is 18.6 Å². The van der Waals surface area contributed by atoms with E-state index in [1.165, 1.54) is 7.05 Å². The fraction of sp³-hybridized carbons (Fsp3) is 0.550. The first-order valence-electron chi connectivity index (χ1n) is 9.29. The van der Waals surface area contributed by atoms with Crippen molar-refractivity contribution in [2.75, 3.05) is 14.2 Å². The van der Waals surface area contributed by atoms with Crippen molar-refractivity contribution >= 4 is 30.4 Å². The Balaban J connectivity index is 2.95. The quantitative estimate of drug-likeness (QED) is 0.413. The highest BCUT2D eigenvalue weighted by atomic mass is 32.1. The summed E-state index contributed by atoms with van der Waals surface area (Å²) in [7, 11) is 3.10. The smallest absolute Gasteiger partial charge is 0.242 e. The fourth-order valence-corrected chi connectivity index (χ4v) is 3.39. The van der Waals surface area contributed by atoms with Crippen LogP contribution >= 0.6 is 12.6 Å². The van der Waals surface area contributed by atoms with Crippen molar-refractivity contribution in [1.29, 1.82) is 0 Å². The van der Waals surface area contributed by atoms with Crippen LogP contribution < -0.4 is 21.1 Å². The molecule has 8 heteroatoms. The Bertz CT molecular complexity index is 664. The normalized spacial score (nSPS) is 14.1. The van der Waals surface area contributed by atoms with Crippen molar-refractivity contribution in [3.05, 3.63) is 29.8 Å². The molecule has 0 fully saturated rings. The molecule has 1 rings (SSSR count). The first kappa shape index (κ1) is 23.8. The largest absolute Gasteiger partial charge is 0.497 e. The second-order valence-electron chi connectivity index (χ2n) is 7.20. The van der Waals surface area contributed by atoms with Crippen LogP contribution in [-0.4, -0.2) is 43.2 Å². The van der Waals surface area contributed by atoms with Gasteiger partial charge < -0.3 is 21.1 Å². The van der Waals surface area contributed by atoms with Gasteiger partial charge in [0.15, 0.2) is 0 Å². The van der Waals surface area contributed by atoms with Gasteiger partial charge in [-0.15, -0.1) is 0 Å². The highest BCUT2D eigenvalue weighted by Crippen LogP contribution is 2.23. The maximum absolute atomic E-state index is 12.9. The van der Waals surface area contributed by atoms with Crippen molar-refractivity contribution in [1.82, 2.24) is 10.6 Å². The number of primary amides is 1. The number of hydrogen-bond donors (Lipinski definition) is 4. The van der Waals surface area contributed by atoms with Crippen LogP contribution in [0.1, 0.15) is 32.3 Å². The molecule has 0 aliphatic carbocycles. The Labute approximate surface area is 172 Å². The van der Waals surface area contributed by atoms with E-state index in [-0.39, 0.29) is 24.2 Å². The maximum Gasteiger partial charge on any atom is 0.242 e. The van der Waals surface area contributed by atoms with Gasteiger partial charge in [-0.1, -0.05) is 26.0 Å². The van der Waals surface area contributed by atoms with E-state index in [1.54, 1.807) is 19.2 Å². The number of hydrogen-bond acceptors (Lipinski definition) is 5. The summed E-state index contributed by atoms with van der Waals surface area (Å²) in [5.74, 6) is -0.708. The summed E-state index contributed by atoms with van der Waals surface area (Å²) in [6.07, 6.45) is 0.865. The lowest BCUT2D eigenvalue weighted by atomic mass is 9.90. The summed E-state index contributed by atoms with van der Waals surface area (Å²) in [5.41, 5.74) is 6.15. The number of methoxy groups -OCH3 is 1. The minimum Gasteiger partial charge on any atom is -0.497 e. The van der Waals surface area contributed by atoms with E-state index in [4.69, 9.17) is 10.5 Å². The van der Waals surface area contributed by atoms with E-state index in [1.807, 2.05) is 26.0 Å². The average molecular weight is 410 g/mol. The SMILES string of the molecule is CNC(=O)[C@@H](Cc1ccc(OC)cc1)NC(=O)[C@H](CC(C)C)[C@@H](S)CC(N)=O. The van der Waals surface area contributed by atoms with Crippen molar-refractivity contribution in [2.45, 2.75) is 44.4 Å². The molecule has 0 aromatic heterocycles. The maximum atomic E-state index is 12.9. The molecule has 0 spiro atoms. The summed E-state index contributed by atoms with van der Waals surface area (Å²) in [6, 6.07) is 6.56. The van der Waals surface area contributed by atoms with Crippen LogP contribution in [-0.2, 0) is 20.8 Å². The van der Waals surface area contributed by atoms with Gasteiger partial charge in [-0.3, -0.25) is 14.4 Å². The molecule has 0 heterocycles. The van der Waals surface area contributed by atoms with Gasteiger partial charge in [0.25, 0.3) is 0 Å². The number of amides is 3. The van der Waals surface area contributed by atoms with Gasteiger partial charge in [0.1, 0.15) is 11.8 Å². The van der Waals surface area contributed by atoms with Gasteiger partial charge in [0.05, 0.1) is 13.0 Å². The van der Waals surface area contributed by atoms with Crippen LogP contribution in [0.3, 0.4) is 0 Å². The summed E-state index contributed by atoms with van der Waals surface area (Å²) in [5, 5.41) is 4.90. The zero-order valence-electron chi connectivity index (χ0n) is 16.9. The standard InChI is InChI=1S/C20H31N3O4S/c1-12(2)9-15(17(28)11-18(21)24)19(25)23-16(20(26)22-3)10-13-5-7-14(27-4)8-6-13/h5-8,12,15-17,28H,9-11H2,1-4H3,(H2,21,24)(H,22,26)(H,23,25)/t15-,16-,17+/m1/s1. The Morgan fingerprint density at radius 1 is 1.14 bits per heavy atom. The van der Waals surface area contributed by atoms with Crippen molar-refractivity contribution in [2.24, 2.45) is 17.6 Å². The molecule has 4 N–H and O–H groups in total. The van der Waals surface area contributed by atoms with E-state index in [2.05, 4.69) is 23.3 Å². The molecule has 0 radical (unpaired) electrons. The molecular formula is C20H31N3O4S. The first-order chi connectivity index (χ1) is 13.2. The van der Waals surface area contributed by atoms with E-state index in [0.717, 1.165) is 5.56 Å². The van der Waals surface area contributed by atoms with Gasteiger partial charge in [-0.05, 0) is 30.0 Å². The molecule has 156 valence electrons. The number of benzene rings is 1. The lowest BCUT2D eigenvalue weighted by Crippen LogP contribution is -2.50. The summed E-state index contributed by atoms with van der Waals surface area (Å²) in [6.45, 7) is 3.97. The van der Waals surface area contributed by atoms with Crippen molar-refractivity contribution in [3.63, 3.8) is 0 Å². The third-order valence-corrected chi connectivity index (χ3v) is 4.96. The molecule has 1 aromatic carbocycles. The molecule has 0 saturated carbocycles. The number of likely N-dealkylation sites (N-methyl/N-ethyl adjacent to an activating group) is 1. The highest BCUT2D eigenvalue weighted by molar-refractivity contribution is 7.81. The van der Waals surface area contributed by atoms with Crippen LogP contribution in [0.2, 0.25) is 0 Å². The number of carbonyl (C=O) groups excluding carboxylic acids is 3. The number of thiol groups is 1. The summed E-state index contributed by atoms with van der Waals surface area (Å²) in [4.78, 5) is 36.5. The third-order valence-electron chi connectivity index (χ3n) is 4.42. The number of nitrogens with two attached hydrogens (primary N) is 1. The van der Waals surface area contributed by atoms with Gasteiger partial charge in [0.2, 0.25) is 17.7 Å². The lowest BCUT2D eigenvalue weighted by Gasteiger charge is -2.26. The van der Waals surface area contributed by atoms with Gasteiger partial charge >= 0.3 is 0 Å². The molecule has 0 unspecified atom stereocenters. The molecule has 1 aromatic rings. The van der Waals surface area contributed by atoms with Gasteiger partial charge in [0, 0.05) is 25.1 Å². The topological polar surface area (TPSA) is 111 Å².